The zero-order valence-electron chi connectivity index (χ0n) is 9.25. The van der Waals surface area contributed by atoms with E-state index in [1.54, 1.807) is 7.11 Å². The molecule has 1 aliphatic carbocycles. The zero-order chi connectivity index (χ0) is 11.2. The first-order valence-corrected chi connectivity index (χ1v) is 5.87. The Morgan fingerprint density at radius 1 is 1.40 bits per heavy atom. The van der Waals surface area contributed by atoms with Crippen molar-refractivity contribution in [2.75, 3.05) is 7.11 Å². The third kappa shape index (κ3) is 1.68. The van der Waals surface area contributed by atoms with E-state index >= 15 is 0 Å². The van der Waals surface area contributed by atoms with Crippen LogP contribution in [0, 0.1) is 5.41 Å². The molecule has 2 nitrogen and oxygen atoms in total. The van der Waals surface area contributed by atoms with Crippen LogP contribution in [0.5, 0.6) is 5.75 Å². The molecule has 0 aliphatic heterocycles. The molecule has 0 bridgehead atoms. The quantitative estimate of drug-likeness (QED) is 0.896. The van der Waals surface area contributed by atoms with E-state index in [2.05, 4.69) is 35.8 Å². The first-order chi connectivity index (χ1) is 6.98. The minimum absolute atomic E-state index is 0.203. The van der Waals surface area contributed by atoms with Crippen molar-refractivity contribution in [2.24, 2.45) is 11.1 Å². The van der Waals surface area contributed by atoms with E-state index in [0.717, 1.165) is 10.2 Å². The molecule has 2 N–H and O–H groups in total. The Labute approximate surface area is 98.9 Å². The van der Waals surface area contributed by atoms with Gasteiger partial charge in [-0.1, -0.05) is 29.8 Å². The van der Waals surface area contributed by atoms with Gasteiger partial charge in [-0.05, 0) is 29.2 Å². The lowest BCUT2D eigenvalue weighted by Gasteiger charge is -2.08. The van der Waals surface area contributed by atoms with Crippen molar-refractivity contribution in [1.29, 1.82) is 0 Å². The molecule has 0 aromatic heterocycles. The fourth-order valence-corrected chi connectivity index (χ4v) is 2.65. The highest BCUT2D eigenvalue weighted by molar-refractivity contribution is 9.10. The average Bonchev–Trinajstić information content (AvgIpc) is 2.68. The number of hydrogen-bond acceptors (Lipinski definition) is 2. The SMILES string of the molecule is COc1ccc(Br)c([C@H]2[C@H](N)C2(C)C)c1. The average molecular weight is 270 g/mol. The van der Waals surface area contributed by atoms with E-state index in [1.165, 1.54) is 5.56 Å². The topological polar surface area (TPSA) is 35.2 Å². The molecule has 0 amide bonds. The van der Waals surface area contributed by atoms with E-state index in [0.29, 0.717) is 5.92 Å². The van der Waals surface area contributed by atoms with Gasteiger partial charge in [0.2, 0.25) is 0 Å². The van der Waals surface area contributed by atoms with E-state index in [9.17, 15) is 0 Å². The Hall–Kier alpha value is -0.540. The second-order valence-corrected chi connectivity index (χ2v) is 5.57. The predicted octanol–water partition coefficient (Wildman–Crippen LogP) is 2.91. The molecule has 0 saturated heterocycles. The summed E-state index contributed by atoms with van der Waals surface area (Å²) >= 11 is 3.57. The molecule has 1 aromatic rings. The van der Waals surface area contributed by atoms with E-state index in [-0.39, 0.29) is 11.5 Å². The normalized spacial score (nSPS) is 27.5. The summed E-state index contributed by atoms with van der Waals surface area (Å²) in [5.41, 5.74) is 7.53. The summed E-state index contributed by atoms with van der Waals surface area (Å²) < 4.78 is 6.35. The van der Waals surface area contributed by atoms with E-state index < -0.39 is 0 Å². The van der Waals surface area contributed by atoms with Crippen molar-refractivity contribution >= 4 is 15.9 Å². The summed E-state index contributed by atoms with van der Waals surface area (Å²) in [5, 5.41) is 0. The fraction of sp³-hybridized carbons (Fsp3) is 0.500. The molecule has 1 saturated carbocycles. The van der Waals surface area contributed by atoms with Gasteiger partial charge >= 0.3 is 0 Å². The predicted molar refractivity (Wildman–Crippen MR) is 65.2 cm³/mol. The Balaban J connectivity index is 2.37. The van der Waals surface area contributed by atoms with Crippen molar-refractivity contribution < 1.29 is 4.74 Å². The monoisotopic (exact) mass is 269 g/mol. The lowest BCUT2D eigenvalue weighted by Crippen LogP contribution is -2.06. The fourth-order valence-electron chi connectivity index (χ4n) is 2.16. The Morgan fingerprint density at radius 2 is 2.00 bits per heavy atom. The van der Waals surface area contributed by atoms with Gasteiger partial charge in [-0.25, -0.2) is 0 Å². The van der Waals surface area contributed by atoms with Gasteiger partial charge in [-0.2, -0.15) is 0 Å². The third-order valence-electron chi connectivity index (χ3n) is 3.45. The van der Waals surface area contributed by atoms with Crippen molar-refractivity contribution in [1.82, 2.24) is 0 Å². The summed E-state index contributed by atoms with van der Waals surface area (Å²) in [6.07, 6.45) is 0. The van der Waals surface area contributed by atoms with Gasteiger partial charge in [0, 0.05) is 16.4 Å². The van der Waals surface area contributed by atoms with Crippen LogP contribution in [0.3, 0.4) is 0 Å². The van der Waals surface area contributed by atoms with Gasteiger partial charge in [0.05, 0.1) is 7.11 Å². The highest BCUT2D eigenvalue weighted by Gasteiger charge is 2.56. The Kier molecular flexibility index (Phi) is 2.55. The van der Waals surface area contributed by atoms with Gasteiger partial charge in [0.25, 0.3) is 0 Å². The Bertz CT molecular complexity index is 389. The first kappa shape index (κ1) is 11.0. The van der Waals surface area contributed by atoms with Crippen LogP contribution in [-0.2, 0) is 0 Å². The van der Waals surface area contributed by atoms with Crippen LogP contribution in [0.15, 0.2) is 22.7 Å². The van der Waals surface area contributed by atoms with Crippen LogP contribution in [0.25, 0.3) is 0 Å². The molecular weight excluding hydrogens is 254 g/mol. The summed E-state index contributed by atoms with van der Waals surface area (Å²) in [6.45, 7) is 4.41. The molecule has 1 fully saturated rings. The van der Waals surface area contributed by atoms with Gasteiger partial charge in [0.1, 0.15) is 5.75 Å². The van der Waals surface area contributed by atoms with Crippen LogP contribution in [0.1, 0.15) is 25.3 Å². The van der Waals surface area contributed by atoms with E-state index in [1.807, 2.05) is 12.1 Å². The lowest BCUT2D eigenvalue weighted by atomic mass is 10.0. The van der Waals surface area contributed by atoms with Crippen molar-refractivity contribution in [3.8, 4) is 5.75 Å². The molecule has 82 valence electrons. The number of benzene rings is 1. The maximum atomic E-state index is 6.08. The molecule has 15 heavy (non-hydrogen) atoms. The largest absolute Gasteiger partial charge is 0.497 e. The van der Waals surface area contributed by atoms with Crippen LogP contribution in [0.4, 0.5) is 0 Å². The van der Waals surface area contributed by atoms with Crippen LogP contribution in [-0.4, -0.2) is 13.2 Å². The Morgan fingerprint density at radius 3 is 2.47 bits per heavy atom. The van der Waals surface area contributed by atoms with E-state index in [4.69, 9.17) is 10.5 Å². The summed E-state index contributed by atoms with van der Waals surface area (Å²) in [7, 11) is 1.69. The minimum Gasteiger partial charge on any atom is -0.497 e. The molecule has 0 radical (unpaired) electrons. The number of rotatable bonds is 2. The molecule has 3 heteroatoms. The third-order valence-corrected chi connectivity index (χ3v) is 4.17. The number of nitrogens with two attached hydrogens (primary N) is 1. The maximum absolute atomic E-state index is 6.08. The standard InChI is InChI=1S/C12H16BrNO/c1-12(2)10(11(12)14)8-6-7(15-3)4-5-9(8)13/h4-6,10-11H,14H2,1-3H3/t10-,11-/m0/s1. The number of methoxy groups -OCH3 is 1. The molecular formula is C12H16BrNO. The number of hydrogen-bond donors (Lipinski definition) is 1. The second kappa shape index (κ2) is 3.49. The maximum Gasteiger partial charge on any atom is 0.119 e. The number of ether oxygens (including phenoxy) is 1. The second-order valence-electron chi connectivity index (χ2n) is 4.71. The van der Waals surface area contributed by atoms with Crippen LogP contribution >= 0.6 is 15.9 Å². The smallest absolute Gasteiger partial charge is 0.119 e. The molecule has 2 atom stereocenters. The summed E-state index contributed by atoms with van der Waals surface area (Å²) in [4.78, 5) is 0. The summed E-state index contributed by atoms with van der Waals surface area (Å²) in [6, 6.07) is 6.30. The molecule has 0 heterocycles. The number of halogens is 1. The highest BCUT2D eigenvalue weighted by Crippen LogP contribution is 2.58. The van der Waals surface area contributed by atoms with Crippen molar-refractivity contribution in [3.63, 3.8) is 0 Å². The lowest BCUT2D eigenvalue weighted by molar-refractivity contribution is 0.414. The molecule has 1 aliphatic rings. The van der Waals surface area contributed by atoms with Gasteiger partial charge in [-0.15, -0.1) is 0 Å². The summed E-state index contributed by atoms with van der Waals surface area (Å²) in [5.74, 6) is 1.32. The van der Waals surface area contributed by atoms with Crippen LogP contribution in [0.2, 0.25) is 0 Å². The molecule has 2 rings (SSSR count). The van der Waals surface area contributed by atoms with Crippen molar-refractivity contribution in [2.45, 2.75) is 25.8 Å². The minimum atomic E-state index is 0.203. The zero-order valence-corrected chi connectivity index (χ0v) is 10.8. The van der Waals surface area contributed by atoms with Crippen LogP contribution < -0.4 is 10.5 Å². The highest BCUT2D eigenvalue weighted by atomic mass is 79.9. The van der Waals surface area contributed by atoms with Crippen molar-refractivity contribution in [3.05, 3.63) is 28.2 Å². The molecule has 1 aromatic carbocycles. The van der Waals surface area contributed by atoms with Gasteiger partial charge in [0.15, 0.2) is 0 Å². The first-order valence-electron chi connectivity index (χ1n) is 5.07. The van der Waals surface area contributed by atoms with Gasteiger partial charge in [-0.3, -0.25) is 0 Å². The molecule has 0 unspecified atom stereocenters. The molecule has 0 spiro atoms. The van der Waals surface area contributed by atoms with Gasteiger partial charge < -0.3 is 10.5 Å².